The Labute approximate surface area is 48.9 Å². The zero-order valence-electron chi connectivity index (χ0n) is 0.908. The minimum atomic E-state index is 0. The predicted octanol–water partition coefficient (Wildman–Crippen LogP) is -2.16. The molecule has 0 radical (unpaired) electrons. The molecule has 0 saturated carbocycles. The molecule has 0 aliphatic heterocycles. The van der Waals surface area contributed by atoms with Gasteiger partial charge in [-0.1, -0.05) is 0 Å². The van der Waals surface area contributed by atoms with Crippen LogP contribution in [0.1, 0.15) is 0 Å². The second kappa shape index (κ2) is 30.5. The van der Waals surface area contributed by atoms with E-state index in [-0.39, 0.29) is 35.0 Å². The van der Waals surface area contributed by atoms with Crippen LogP contribution in [-0.2, 0) is 4.57 Å². The number of rotatable bonds is 0. The van der Waals surface area contributed by atoms with E-state index in [0.717, 1.165) is 0 Å². The van der Waals surface area contributed by atoms with Gasteiger partial charge < -0.3 is 0 Å². The average molecular weight is 155 g/mol. The summed E-state index contributed by atoms with van der Waals surface area (Å²) in [7, 11) is 1.72. The van der Waals surface area contributed by atoms with Crippen molar-refractivity contribution < 1.29 is 4.57 Å². The average Bonchev–Trinajstić information content (AvgIpc) is 1.00. The van der Waals surface area contributed by atoms with Crippen LogP contribution in [-0.4, -0.2) is 35.0 Å². The molecule has 0 spiro atoms. The molecule has 0 aromatic heterocycles. The van der Waals surface area contributed by atoms with Crippen molar-refractivity contribution in [2.75, 3.05) is 0 Å². The monoisotopic (exact) mass is 156 g/mol. The fourth-order valence-electron chi connectivity index (χ4n) is 0. The van der Waals surface area contributed by atoms with Gasteiger partial charge >= 0.3 is 17.6 Å². The molecule has 0 bridgehead atoms. The molecule has 0 N–H and O–H groups in total. The zero-order chi connectivity index (χ0) is 2.00. The Morgan fingerprint density at radius 3 is 1.25 bits per heavy atom. The van der Waals surface area contributed by atoms with Crippen molar-refractivity contribution in [1.82, 2.24) is 0 Å². The van der Waals surface area contributed by atoms with Gasteiger partial charge in [-0.15, -0.1) is 0 Å². The molecule has 0 atom stereocenters. The van der Waals surface area contributed by atoms with Crippen LogP contribution in [0, 0.1) is 0 Å². The molecule has 0 amide bonds. The van der Waals surface area contributed by atoms with Gasteiger partial charge in [-0.05, 0) is 0 Å². The van der Waals surface area contributed by atoms with Crippen molar-refractivity contribution in [1.29, 1.82) is 0 Å². The molecular weight excluding hydrogens is 147 g/mol. The fraction of sp³-hybridized carbons (Fsp3) is 0. The van der Waals surface area contributed by atoms with Gasteiger partial charge in [0.2, 0.25) is 0 Å². The molecule has 26 valence electrons. The summed E-state index contributed by atoms with van der Waals surface area (Å²) >= 11 is 0. The van der Waals surface area contributed by atoms with Crippen LogP contribution in [0.4, 0.5) is 0 Å². The topological polar surface area (TPSA) is 17.1 Å². The molecule has 0 rings (SSSR count). The van der Waals surface area contributed by atoms with Crippen LogP contribution < -0.4 is 0 Å². The van der Waals surface area contributed by atoms with Crippen molar-refractivity contribution in [3.05, 3.63) is 0 Å². The summed E-state index contributed by atoms with van der Waals surface area (Å²) in [4.78, 5) is 0. The first-order valence-electron chi connectivity index (χ1n) is 0.204. The Morgan fingerprint density at radius 2 is 1.25 bits per heavy atom. The standard InChI is InChI=1S/Al.GeH4.HOP.3H/c;;1-2;;;/h;1H4;2H;;;. The van der Waals surface area contributed by atoms with E-state index in [4.69, 9.17) is 4.57 Å². The van der Waals surface area contributed by atoms with E-state index in [1.54, 1.807) is 9.12 Å². The molecule has 0 unspecified atom stereocenters. The Bertz CT molecular complexity index is 8.00. The summed E-state index contributed by atoms with van der Waals surface area (Å²) in [6, 6.07) is 0. The molecule has 0 heterocycles. The SMILES string of the molecule is O=P.[AlH3].[GeH4]. The van der Waals surface area contributed by atoms with Crippen LogP contribution in [0.15, 0.2) is 0 Å². The molecule has 1 nitrogen and oxygen atoms in total. The molecule has 0 aromatic carbocycles. The van der Waals surface area contributed by atoms with Crippen molar-refractivity contribution in [2.45, 2.75) is 0 Å². The van der Waals surface area contributed by atoms with Gasteiger partial charge in [0, 0.05) is 0 Å². The van der Waals surface area contributed by atoms with Gasteiger partial charge in [0.25, 0.3) is 0 Å². The van der Waals surface area contributed by atoms with Gasteiger partial charge in [0.1, 0.15) is 9.12 Å². The maximum atomic E-state index is 8.06. The van der Waals surface area contributed by atoms with E-state index < -0.39 is 0 Å². The second-order valence-corrected chi connectivity index (χ2v) is 0. The van der Waals surface area contributed by atoms with Crippen molar-refractivity contribution in [3.8, 4) is 0 Å². The van der Waals surface area contributed by atoms with E-state index in [2.05, 4.69) is 0 Å². The van der Waals surface area contributed by atoms with Crippen molar-refractivity contribution >= 4 is 44.1 Å². The predicted molar refractivity (Wildman–Crippen MR) is 30.3 cm³/mol. The Kier molecular flexibility index (Phi) is 145. The number of hydrogen-bond acceptors (Lipinski definition) is 1. The summed E-state index contributed by atoms with van der Waals surface area (Å²) in [5, 5.41) is 0. The van der Waals surface area contributed by atoms with Gasteiger partial charge in [0.15, 0.2) is 17.4 Å². The van der Waals surface area contributed by atoms with E-state index in [0.29, 0.717) is 0 Å². The molecule has 4 heavy (non-hydrogen) atoms. The van der Waals surface area contributed by atoms with Crippen molar-refractivity contribution in [2.24, 2.45) is 0 Å². The van der Waals surface area contributed by atoms with Crippen molar-refractivity contribution in [3.63, 3.8) is 0 Å². The third-order valence-electron chi connectivity index (χ3n) is 0. The molecule has 0 fully saturated rings. The Hall–Kier alpha value is 1.18. The summed E-state index contributed by atoms with van der Waals surface area (Å²) in [6.45, 7) is 0. The van der Waals surface area contributed by atoms with E-state index in [1.165, 1.54) is 0 Å². The Balaban J connectivity index is -0.00000000500. The first-order chi connectivity index (χ1) is 1.00. The molecule has 4 heteroatoms. The quantitative estimate of drug-likeness (QED) is 0.287. The van der Waals surface area contributed by atoms with Crippen LogP contribution in [0.5, 0.6) is 0 Å². The number of hydrogen-bond donors (Lipinski definition) is 0. The first-order valence-corrected chi connectivity index (χ1v) is 0.612. The first kappa shape index (κ1) is 19.1. The summed E-state index contributed by atoms with van der Waals surface area (Å²) < 4.78 is 8.06. The molecule has 0 saturated heterocycles. The molecule has 0 aromatic rings. The molecular formula is H8AlGeOP. The summed E-state index contributed by atoms with van der Waals surface area (Å²) in [5.74, 6) is 0. The molecule has 0 aliphatic rings. The third kappa shape index (κ3) is 10.9. The van der Waals surface area contributed by atoms with Crippen LogP contribution in [0.3, 0.4) is 0 Å². The van der Waals surface area contributed by atoms with Gasteiger partial charge in [-0.3, -0.25) is 4.57 Å². The van der Waals surface area contributed by atoms with E-state index >= 15 is 0 Å². The van der Waals surface area contributed by atoms with Gasteiger partial charge in [-0.25, -0.2) is 0 Å². The normalized spacial score (nSPS) is 1.00. The van der Waals surface area contributed by atoms with Crippen LogP contribution in [0.2, 0.25) is 0 Å². The van der Waals surface area contributed by atoms with Crippen LogP contribution in [0.25, 0.3) is 0 Å². The third-order valence-corrected chi connectivity index (χ3v) is 0. The van der Waals surface area contributed by atoms with Gasteiger partial charge in [-0.2, -0.15) is 0 Å². The Morgan fingerprint density at radius 1 is 1.25 bits per heavy atom. The fourth-order valence-corrected chi connectivity index (χ4v) is 0. The summed E-state index contributed by atoms with van der Waals surface area (Å²) in [5.41, 5.74) is 0. The molecule has 0 aliphatic carbocycles. The minimum absolute atomic E-state index is 0. The van der Waals surface area contributed by atoms with Gasteiger partial charge in [0.05, 0.1) is 0 Å². The summed E-state index contributed by atoms with van der Waals surface area (Å²) in [6.07, 6.45) is 0. The van der Waals surface area contributed by atoms with E-state index in [1.807, 2.05) is 0 Å². The maximum absolute atomic E-state index is 8.06. The van der Waals surface area contributed by atoms with Crippen LogP contribution >= 0.6 is 9.12 Å². The van der Waals surface area contributed by atoms with E-state index in [9.17, 15) is 0 Å². The second-order valence-electron chi connectivity index (χ2n) is 0. The zero-order valence-corrected chi connectivity index (χ0v) is 1.91.